The first kappa shape index (κ1) is 19.7. The van der Waals surface area contributed by atoms with Gasteiger partial charge >= 0.3 is 11.7 Å². The molecule has 1 aromatic carbocycles. The Morgan fingerprint density at radius 3 is 2.67 bits per heavy atom. The van der Waals surface area contributed by atoms with Crippen LogP contribution in [0.3, 0.4) is 0 Å². The number of H-pyrrole nitrogens is 2. The van der Waals surface area contributed by atoms with Crippen LogP contribution in [0.5, 0.6) is 5.75 Å². The zero-order valence-corrected chi connectivity index (χ0v) is 14.4. The van der Waals surface area contributed by atoms with Gasteiger partial charge in [0.15, 0.2) is 0 Å². The predicted molar refractivity (Wildman–Crippen MR) is 92.3 cm³/mol. The Morgan fingerprint density at radius 2 is 2.00 bits per heavy atom. The Morgan fingerprint density at radius 1 is 1.30 bits per heavy atom. The van der Waals surface area contributed by atoms with Crippen molar-refractivity contribution < 1.29 is 23.5 Å². The lowest BCUT2D eigenvalue weighted by molar-refractivity contribution is 0.0589. The summed E-state index contributed by atoms with van der Waals surface area (Å²) in [5, 5.41) is 2.46. The van der Waals surface area contributed by atoms with Gasteiger partial charge < -0.3 is 25.5 Å². The summed E-state index contributed by atoms with van der Waals surface area (Å²) in [4.78, 5) is 50.6. The molecule has 0 bridgehead atoms. The summed E-state index contributed by atoms with van der Waals surface area (Å²) >= 11 is 0. The first-order chi connectivity index (χ1) is 12.7. The van der Waals surface area contributed by atoms with E-state index in [0.717, 1.165) is 13.2 Å². The van der Waals surface area contributed by atoms with Gasteiger partial charge in [0.1, 0.15) is 35.1 Å². The van der Waals surface area contributed by atoms with Gasteiger partial charge in [0.25, 0.3) is 11.5 Å². The van der Waals surface area contributed by atoms with Crippen LogP contribution in [0.15, 0.2) is 27.8 Å². The van der Waals surface area contributed by atoms with Crippen LogP contribution < -0.4 is 27.0 Å². The molecule has 0 radical (unpaired) electrons. The molecule has 1 atom stereocenters. The highest BCUT2D eigenvalue weighted by Gasteiger charge is 2.20. The number of aromatic nitrogens is 2. The standard InChI is InChI=1S/C16H17FN4O6/c1-7(19-14(23)12-11(18)13(22)21-16(25)20-12)6-27-9-5-3-4-8(17)10(9)15(24)26-2/h3-5,7H,6,18H2,1-2H3,(H,19,23)(H2,20,21,22,25). The molecule has 144 valence electrons. The minimum Gasteiger partial charge on any atom is -0.490 e. The molecular formula is C16H17FN4O6. The van der Waals surface area contributed by atoms with Crippen LogP contribution in [0.25, 0.3) is 0 Å². The molecule has 1 aromatic heterocycles. The van der Waals surface area contributed by atoms with Crippen LogP contribution in [0.4, 0.5) is 10.1 Å². The molecule has 0 aliphatic carbocycles. The number of hydrogen-bond acceptors (Lipinski definition) is 7. The number of hydrogen-bond donors (Lipinski definition) is 4. The lowest BCUT2D eigenvalue weighted by atomic mass is 10.2. The molecule has 5 N–H and O–H groups in total. The first-order valence-corrected chi connectivity index (χ1v) is 7.67. The summed E-state index contributed by atoms with van der Waals surface area (Å²) in [6.07, 6.45) is 0. The number of benzene rings is 1. The molecule has 10 nitrogen and oxygen atoms in total. The Labute approximate surface area is 151 Å². The van der Waals surface area contributed by atoms with Crippen molar-refractivity contribution in [3.8, 4) is 5.75 Å². The monoisotopic (exact) mass is 380 g/mol. The third-order valence-electron chi connectivity index (χ3n) is 3.44. The van der Waals surface area contributed by atoms with Crippen LogP contribution in [0, 0.1) is 5.82 Å². The summed E-state index contributed by atoms with van der Waals surface area (Å²) in [5.41, 5.74) is 2.49. The third kappa shape index (κ3) is 4.51. The van der Waals surface area contributed by atoms with Gasteiger partial charge in [0.2, 0.25) is 0 Å². The minimum atomic E-state index is -0.909. The van der Waals surface area contributed by atoms with Crippen molar-refractivity contribution in [3.05, 3.63) is 56.1 Å². The van der Waals surface area contributed by atoms with Gasteiger partial charge in [0.05, 0.1) is 13.2 Å². The van der Waals surface area contributed by atoms with Gasteiger partial charge in [-0.1, -0.05) is 6.07 Å². The van der Waals surface area contributed by atoms with Crippen molar-refractivity contribution in [2.75, 3.05) is 19.5 Å². The molecule has 2 rings (SSSR count). The van der Waals surface area contributed by atoms with Crippen LogP contribution in [0.1, 0.15) is 27.8 Å². The quantitative estimate of drug-likeness (QED) is 0.504. The number of carbonyl (C=O) groups excluding carboxylic acids is 2. The van der Waals surface area contributed by atoms with E-state index in [9.17, 15) is 23.6 Å². The first-order valence-electron chi connectivity index (χ1n) is 7.67. The SMILES string of the molecule is COC(=O)c1c(F)cccc1OCC(C)NC(=O)c1[nH]c(=O)[nH]c(=O)c1N. The fraction of sp³-hybridized carbons (Fsp3) is 0.250. The molecule has 0 fully saturated rings. The topological polar surface area (TPSA) is 156 Å². The van der Waals surface area contributed by atoms with E-state index >= 15 is 0 Å². The number of rotatable bonds is 6. The van der Waals surface area contributed by atoms with E-state index in [4.69, 9.17) is 10.5 Å². The number of carbonyl (C=O) groups is 2. The van der Waals surface area contributed by atoms with Crippen molar-refractivity contribution >= 4 is 17.6 Å². The van der Waals surface area contributed by atoms with E-state index in [1.165, 1.54) is 12.1 Å². The van der Waals surface area contributed by atoms with Gasteiger partial charge in [-0.05, 0) is 19.1 Å². The van der Waals surface area contributed by atoms with Gasteiger partial charge in [-0.2, -0.15) is 0 Å². The van der Waals surface area contributed by atoms with Crippen molar-refractivity contribution in [3.63, 3.8) is 0 Å². The van der Waals surface area contributed by atoms with E-state index in [-0.39, 0.29) is 17.9 Å². The van der Waals surface area contributed by atoms with Crippen LogP contribution in [-0.2, 0) is 4.74 Å². The third-order valence-corrected chi connectivity index (χ3v) is 3.44. The molecule has 1 heterocycles. The maximum Gasteiger partial charge on any atom is 0.344 e. The van der Waals surface area contributed by atoms with E-state index in [1.807, 2.05) is 4.98 Å². The van der Waals surface area contributed by atoms with Crippen LogP contribution in [-0.4, -0.2) is 41.6 Å². The van der Waals surface area contributed by atoms with Crippen molar-refractivity contribution in [1.29, 1.82) is 0 Å². The number of methoxy groups -OCH3 is 1. The molecule has 0 saturated carbocycles. The molecule has 0 saturated heterocycles. The maximum atomic E-state index is 13.8. The van der Waals surface area contributed by atoms with Crippen molar-refractivity contribution in [2.45, 2.75) is 13.0 Å². The minimum absolute atomic E-state index is 0.0629. The Bertz CT molecular complexity index is 984. The average molecular weight is 380 g/mol. The normalized spacial score (nSPS) is 11.5. The molecule has 1 amide bonds. The maximum absolute atomic E-state index is 13.8. The summed E-state index contributed by atoms with van der Waals surface area (Å²) in [6.45, 7) is 1.41. The lowest BCUT2D eigenvalue weighted by Gasteiger charge is -2.17. The Hall–Kier alpha value is -3.63. The van der Waals surface area contributed by atoms with Gasteiger partial charge in [-0.15, -0.1) is 0 Å². The highest BCUT2D eigenvalue weighted by atomic mass is 19.1. The zero-order valence-electron chi connectivity index (χ0n) is 14.4. The number of ether oxygens (including phenoxy) is 2. The fourth-order valence-electron chi connectivity index (χ4n) is 2.15. The summed E-state index contributed by atoms with van der Waals surface area (Å²) in [7, 11) is 1.11. The Kier molecular flexibility index (Phi) is 5.96. The van der Waals surface area contributed by atoms with Gasteiger partial charge in [0, 0.05) is 0 Å². The number of nitrogens with one attached hydrogen (secondary N) is 3. The van der Waals surface area contributed by atoms with E-state index in [0.29, 0.717) is 0 Å². The fourth-order valence-corrected chi connectivity index (χ4v) is 2.15. The lowest BCUT2D eigenvalue weighted by Crippen LogP contribution is -2.40. The molecule has 0 aliphatic heterocycles. The number of amides is 1. The van der Waals surface area contributed by atoms with Crippen molar-refractivity contribution in [1.82, 2.24) is 15.3 Å². The molecule has 1 unspecified atom stereocenters. The number of aromatic amines is 2. The highest BCUT2D eigenvalue weighted by molar-refractivity contribution is 5.97. The molecule has 27 heavy (non-hydrogen) atoms. The smallest absolute Gasteiger partial charge is 0.344 e. The number of halogens is 1. The summed E-state index contributed by atoms with van der Waals surface area (Å²) in [6, 6.07) is 3.16. The van der Waals surface area contributed by atoms with Crippen molar-refractivity contribution in [2.24, 2.45) is 0 Å². The average Bonchev–Trinajstić information content (AvgIpc) is 2.62. The molecule has 11 heteroatoms. The van der Waals surface area contributed by atoms with E-state index in [1.54, 1.807) is 6.92 Å². The number of esters is 1. The summed E-state index contributed by atoms with van der Waals surface area (Å²) < 4.78 is 23.7. The Balaban J connectivity index is 2.10. The van der Waals surface area contributed by atoms with E-state index in [2.05, 4.69) is 15.0 Å². The molecular weight excluding hydrogens is 363 g/mol. The van der Waals surface area contributed by atoms with Crippen LogP contribution in [0.2, 0.25) is 0 Å². The highest BCUT2D eigenvalue weighted by Crippen LogP contribution is 2.22. The van der Waals surface area contributed by atoms with Gasteiger partial charge in [-0.25, -0.2) is 14.0 Å². The predicted octanol–water partition coefficient (Wildman–Crippen LogP) is -0.232. The zero-order chi connectivity index (χ0) is 20.1. The molecule has 2 aromatic rings. The second-order valence-electron chi connectivity index (χ2n) is 5.49. The molecule has 0 aliphatic rings. The largest absolute Gasteiger partial charge is 0.490 e. The number of nitrogen functional groups attached to an aromatic ring is 1. The van der Waals surface area contributed by atoms with E-state index < -0.39 is 46.4 Å². The second kappa shape index (κ2) is 8.17. The molecule has 0 spiro atoms. The second-order valence-corrected chi connectivity index (χ2v) is 5.49. The number of nitrogens with two attached hydrogens (primary N) is 1. The summed E-state index contributed by atoms with van der Waals surface area (Å²) in [5.74, 6) is -2.59. The van der Waals surface area contributed by atoms with Crippen LogP contribution >= 0.6 is 0 Å². The number of anilines is 1. The van der Waals surface area contributed by atoms with Gasteiger partial charge in [-0.3, -0.25) is 14.6 Å².